The number of nitrogens with two attached hydrogens (primary N) is 1. The normalized spacial score (nSPS) is 15.4. The lowest BCUT2D eigenvalue weighted by molar-refractivity contribution is 0.109. The van der Waals surface area contributed by atoms with E-state index in [2.05, 4.69) is 0 Å². The number of rotatable bonds is 3. The lowest BCUT2D eigenvalue weighted by Crippen LogP contribution is -2.36. The van der Waals surface area contributed by atoms with Gasteiger partial charge in [0.15, 0.2) is 5.67 Å². The fraction of sp³-hybridized carbons (Fsp3) is 0.455. The van der Waals surface area contributed by atoms with E-state index in [0.717, 1.165) is 6.07 Å². The maximum absolute atomic E-state index is 14.4. The third-order valence-electron chi connectivity index (χ3n) is 2.59. The minimum atomic E-state index is -1.78. The SMILES string of the molecule is CC(C)C(F)(CN)c1cc(F)ccc1Cl. The summed E-state index contributed by atoms with van der Waals surface area (Å²) < 4.78 is 27.5. The average molecular weight is 234 g/mol. The molecule has 0 bridgehead atoms. The van der Waals surface area contributed by atoms with Crippen LogP contribution in [0, 0.1) is 11.7 Å². The molecule has 0 aliphatic heterocycles. The smallest absolute Gasteiger partial charge is 0.151 e. The molecule has 0 radical (unpaired) electrons. The number of hydrogen-bond acceptors (Lipinski definition) is 1. The van der Waals surface area contributed by atoms with E-state index >= 15 is 0 Å². The summed E-state index contributed by atoms with van der Waals surface area (Å²) in [6.45, 7) is 3.16. The highest BCUT2D eigenvalue weighted by molar-refractivity contribution is 6.31. The molecule has 4 heteroatoms. The van der Waals surface area contributed by atoms with Crippen LogP contribution in [0.2, 0.25) is 5.02 Å². The molecule has 0 aromatic heterocycles. The summed E-state index contributed by atoms with van der Waals surface area (Å²) in [7, 11) is 0. The van der Waals surface area contributed by atoms with Crippen molar-refractivity contribution in [2.75, 3.05) is 6.54 Å². The third kappa shape index (κ3) is 2.29. The van der Waals surface area contributed by atoms with Crippen LogP contribution in [-0.2, 0) is 5.67 Å². The second kappa shape index (κ2) is 4.45. The Hall–Kier alpha value is -0.670. The first-order chi connectivity index (χ1) is 6.91. The second-order valence-corrected chi connectivity index (χ2v) is 4.25. The van der Waals surface area contributed by atoms with Gasteiger partial charge in [-0.3, -0.25) is 0 Å². The molecule has 0 spiro atoms. The molecular weight excluding hydrogens is 220 g/mol. The van der Waals surface area contributed by atoms with E-state index in [9.17, 15) is 8.78 Å². The third-order valence-corrected chi connectivity index (χ3v) is 2.92. The van der Waals surface area contributed by atoms with Crippen LogP contribution in [-0.4, -0.2) is 6.54 Å². The molecule has 0 fully saturated rings. The van der Waals surface area contributed by atoms with Crippen molar-refractivity contribution in [2.24, 2.45) is 11.7 Å². The Bertz CT molecular complexity index is 354. The molecule has 0 saturated carbocycles. The molecule has 84 valence electrons. The Morgan fingerprint density at radius 1 is 1.47 bits per heavy atom. The van der Waals surface area contributed by atoms with Gasteiger partial charge < -0.3 is 5.73 Å². The quantitative estimate of drug-likeness (QED) is 0.852. The average Bonchev–Trinajstić information content (AvgIpc) is 2.20. The zero-order chi connectivity index (χ0) is 11.6. The number of alkyl halides is 1. The van der Waals surface area contributed by atoms with Crippen LogP contribution in [0.5, 0.6) is 0 Å². The van der Waals surface area contributed by atoms with Gasteiger partial charge in [0.05, 0.1) is 0 Å². The van der Waals surface area contributed by atoms with Gasteiger partial charge in [0.2, 0.25) is 0 Å². The van der Waals surface area contributed by atoms with Crippen LogP contribution < -0.4 is 5.73 Å². The van der Waals surface area contributed by atoms with Crippen molar-refractivity contribution >= 4 is 11.6 Å². The van der Waals surface area contributed by atoms with Gasteiger partial charge in [0.1, 0.15) is 5.82 Å². The minimum absolute atomic E-state index is 0.127. The molecule has 1 nitrogen and oxygen atoms in total. The molecule has 1 unspecified atom stereocenters. The summed E-state index contributed by atoms with van der Waals surface area (Å²) in [6.07, 6.45) is 0. The van der Waals surface area contributed by atoms with Crippen molar-refractivity contribution in [3.05, 3.63) is 34.6 Å². The molecule has 1 aromatic carbocycles. The number of halogens is 3. The highest BCUT2D eigenvalue weighted by atomic mass is 35.5. The molecule has 0 amide bonds. The van der Waals surface area contributed by atoms with Crippen molar-refractivity contribution in [3.8, 4) is 0 Å². The maximum atomic E-state index is 14.4. The Kier molecular flexibility index (Phi) is 3.68. The molecule has 0 aliphatic rings. The van der Waals surface area contributed by atoms with Crippen LogP contribution in [0.15, 0.2) is 18.2 Å². The van der Waals surface area contributed by atoms with Crippen LogP contribution in [0.3, 0.4) is 0 Å². The summed E-state index contributed by atoms with van der Waals surface area (Å²) >= 11 is 5.84. The van der Waals surface area contributed by atoms with Gasteiger partial charge >= 0.3 is 0 Å². The first-order valence-corrected chi connectivity index (χ1v) is 5.14. The zero-order valence-electron chi connectivity index (χ0n) is 8.73. The van der Waals surface area contributed by atoms with E-state index in [0.29, 0.717) is 0 Å². The Morgan fingerprint density at radius 2 is 2.07 bits per heavy atom. The minimum Gasteiger partial charge on any atom is -0.327 e. The topological polar surface area (TPSA) is 26.0 Å². The van der Waals surface area contributed by atoms with Crippen LogP contribution in [0.1, 0.15) is 19.4 Å². The summed E-state index contributed by atoms with van der Waals surface area (Å²) in [5.74, 6) is -0.868. The molecule has 2 N–H and O–H groups in total. The van der Waals surface area contributed by atoms with Crippen molar-refractivity contribution in [2.45, 2.75) is 19.5 Å². The summed E-state index contributed by atoms with van der Waals surface area (Å²) in [5, 5.41) is 0.207. The predicted octanol–water partition coefficient (Wildman–Crippen LogP) is 3.26. The standard InChI is InChI=1S/C11H14ClF2N/c1-7(2)11(14,6-15)9-5-8(13)3-4-10(9)12/h3-5,7H,6,15H2,1-2H3. The summed E-state index contributed by atoms with van der Waals surface area (Å²) in [5.41, 5.74) is 3.75. The van der Waals surface area contributed by atoms with Gasteiger partial charge in [-0.05, 0) is 24.1 Å². The van der Waals surface area contributed by atoms with Gasteiger partial charge in [0, 0.05) is 17.1 Å². The van der Waals surface area contributed by atoms with E-state index in [1.165, 1.54) is 12.1 Å². The van der Waals surface area contributed by atoms with E-state index in [1.54, 1.807) is 13.8 Å². The van der Waals surface area contributed by atoms with E-state index in [4.69, 9.17) is 17.3 Å². The highest BCUT2D eigenvalue weighted by Crippen LogP contribution is 2.37. The largest absolute Gasteiger partial charge is 0.327 e. The number of benzene rings is 1. The molecule has 0 aliphatic carbocycles. The molecule has 1 rings (SSSR count). The Balaban J connectivity index is 3.29. The van der Waals surface area contributed by atoms with Crippen LogP contribution >= 0.6 is 11.6 Å². The molecule has 1 atom stereocenters. The fourth-order valence-corrected chi connectivity index (χ4v) is 1.75. The molecular formula is C11H14ClF2N. The highest BCUT2D eigenvalue weighted by Gasteiger charge is 2.36. The second-order valence-electron chi connectivity index (χ2n) is 3.85. The summed E-state index contributed by atoms with van der Waals surface area (Å²) in [4.78, 5) is 0. The number of hydrogen-bond donors (Lipinski definition) is 1. The van der Waals surface area contributed by atoms with Crippen molar-refractivity contribution in [1.29, 1.82) is 0 Å². The first-order valence-electron chi connectivity index (χ1n) is 4.76. The van der Waals surface area contributed by atoms with Crippen molar-refractivity contribution in [3.63, 3.8) is 0 Å². The monoisotopic (exact) mass is 233 g/mol. The van der Waals surface area contributed by atoms with Crippen molar-refractivity contribution < 1.29 is 8.78 Å². The van der Waals surface area contributed by atoms with Gasteiger partial charge in [-0.1, -0.05) is 25.4 Å². The lowest BCUT2D eigenvalue weighted by atomic mass is 9.85. The van der Waals surface area contributed by atoms with E-state index in [1.807, 2.05) is 0 Å². The van der Waals surface area contributed by atoms with Gasteiger partial charge in [-0.25, -0.2) is 8.78 Å². The Morgan fingerprint density at radius 3 is 2.53 bits per heavy atom. The summed E-state index contributed by atoms with van der Waals surface area (Å²) in [6, 6.07) is 3.65. The van der Waals surface area contributed by atoms with Crippen LogP contribution in [0.25, 0.3) is 0 Å². The van der Waals surface area contributed by atoms with E-state index in [-0.39, 0.29) is 23.0 Å². The van der Waals surface area contributed by atoms with Gasteiger partial charge in [0.25, 0.3) is 0 Å². The van der Waals surface area contributed by atoms with Gasteiger partial charge in [-0.15, -0.1) is 0 Å². The zero-order valence-corrected chi connectivity index (χ0v) is 9.48. The Labute approximate surface area is 93.2 Å². The van der Waals surface area contributed by atoms with Gasteiger partial charge in [-0.2, -0.15) is 0 Å². The molecule has 0 saturated heterocycles. The first kappa shape index (κ1) is 12.4. The predicted molar refractivity (Wildman–Crippen MR) is 58.1 cm³/mol. The fourth-order valence-electron chi connectivity index (χ4n) is 1.47. The molecule has 15 heavy (non-hydrogen) atoms. The lowest BCUT2D eigenvalue weighted by Gasteiger charge is -2.29. The van der Waals surface area contributed by atoms with Crippen LogP contribution in [0.4, 0.5) is 8.78 Å². The van der Waals surface area contributed by atoms with Crippen molar-refractivity contribution in [1.82, 2.24) is 0 Å². The maximum Gasteiger partial charge on any atom is 0.151 e. The molecule has 0 heterocycles. The van der Waals surface area contributed by atoms with E-state index < -0.39 is 11.5 Å². The molecule has 1 aromatic rings.